The van der Waals surface area contributed by atoms with Gasteiger partial charge in [-0.05, 0) is 13.0 Å². The summed E-state index contributed by atoms with van der Waals surface area (Å²) in [5.41, 5.74) is 1.02. The molecule has 1 aliphatic rings. The molecular weight excluding hydrogens is 515 g/mol. The molecule has 0 aliphatic carbocycles. The zero-order chi connectivity index (χ0) is 20.6. The summed E-state index contributed by atoms with van der Waals surface area (Å²) in [6, 6.07) is 1.81. The summed E-state index contributed by atoms with van der Waals surface area (Å²) in [5.74, 6) is 1.64. The number of carbonyl (C=O) groups excluding carboxylic acids is 1. The molecule has 9 nitrogen and oxygen atoms in total. The summed E-state index contributed by atoms with van der Waals surface area (Å²) < 4.78 is 0. The maximum atomic E-state index is 12.5. The predicted molar refractivity (Wildman–Crippen MR) is 131 cm³/mol. The fourth-order valence-corrected chi connectivity index (χ4v) is 3.84. The summed E-state index contributed by atoms with van der Waals surface area (Å²) in [4.78, 5) is 35.9. The van der Waals surface area contributed by atoms with Gasteiger partial charge in [0.25, 0.3) is 0 Å². The Hall–Kier alpha value is -2.02. The number of amides is 1. The van der Waals surface area contributed by atoms with Gasteiger partial charge in [0.2, 0.25) is 11.9 Å². The van der Waals surface area contributed by atoms with Gasteiger partial charge in [0.1, 0.15) is 0 Å². The Labute approximate surface area is 198 Å². The number of aliphatic imine (C=N–C) groups is 1. The topological polar surface area (TPSA) is 89.8 Å². The van der Waals surface area contributed by atoms with Crippen LogP contribution in [0.25, 0.3) is 0 Å². The Kier molecular flexibility index (Phi) is 9.69. The molecule has 0 unspecified atom stereocenters. The van der Waals surface area contributed by atoms with Crippen LogP contribution in [0.2, 0.25) is 0 Å². The molecule has 2 aromatic rings. The van der Waals surface area contributed by atoms with Crippen molar-refractivity contribution < 1.29 is 4.79 Å². The molecule has 3 rings (SSSR count). The second-order valence-corrected chi connectivity index (χ2v) is 7.92. The van der Waals surface area contributed by atoms with Crippen molar-refractivity contribution in [1.82, 2.24) is 30.1 Å². The van der Waals surface area contributed by atoms with Crippen LogP contribution >= 0.6 is 35.3 Å². The molecule has 30 heavy (non-hydrogen) atoms. The summed E-state index contributed by atoms with van der Waals surface area (Å²) in [5, 5.41) is 6.39. The van der Waals surface area contributed by atoms with Crippen LogP contribution in [0.1, 0.15) is 17.1 Å². The number of piperazine rings is 1. The first-order valence-electron chi connectivity index (χ1n) is 9.69. The van der Waals surface area contributed by atoms with Crippen molar-refractivity contribution in [2.24, 2.45) is 4.99 Å². The first-order chi connectivity index (χ1) is 14.1. The van der Waals surface area contributed by atoms with E-state index in [9.17, 15) is 4.79 Å². The second-order valence-electron chi connectivity index (χ2n) is 6.85. The lowest BCUT2D eigenvalue weighted by Gasteiger charge is -2.34. The molecule has 1 N–H and O–H groups in total. The largest absolute Gasteiger partial charge is 0.356 e. The van der Waals surface area contributed by atoms with Gasteiger partial charge < -0.3 is 20.0 Å². The molecular formula is C19H29IN8OS. The first-order valence-corrected chi connectivity index (χ1v) is 10.6. The van der Waals surface area contributed by atoms with E-state index in [1.54, 1.807) is 36.8 Å². The van der Waals surface area contributed by atoms with E-state index in [0.29, 0.717) is 32.6 Å². The van der Waals surface area contributed by atoms with Crippen LogP contribution in [0.4, 0.5) is 5.95 Å². The zero-order valence-electron chi connectivity index (χ0n) is 17.6. The highest BCUT2D eigenvalue weighted by Gasteiger charge is 2.22. The average Bonchev–Trinajstić information content (AvgIpc) is 3.16. The van der Waals surface area contributed by atoms with Crippen LogP contribution in [0.15, 0.2) is 28.8 Å². The van der Waals surface area contributed by atoms with Gasteiger partial charge in [-0.1, -0.05) is 0 Å². The lowest BCUT2D eigenvalue weighted by atomic mass is 10.3. The molecule has 1 fully saturated rings. The number of hydrogen-bond acceptors (Lipinski definition) is 7. The molecule has 0 radical (unpaired) electrons. The Morgan fingerprint density at radius 3 is 2.57 bits per heavy atom. The van der Waals surface area contributed by atoms with Gasteiger partial charge in [-0.2, -0.15) is 0 Å². The van der Waals surface area contributed by atoms with Crippen molar-refractivity contribution in [3.8, 4) is 0 Å². The first kappa shape index (κ1) is 24.3. The molecule has 3 heterocycles. The number of thiazole rings is 1. The molecule has 0 spiro atoms. The standard InChI is InChI=1S/C19H28N8OS.HI/c1-15-24-16(14-29-15)13-25(3)18(20-2)23-8-5-17(28)26-9-11-27(12-10-26)19-21-6-4-7-22-19;/h4,6-7,14H,5,8-13H2,1-3H3,(H,20,23);1H. The van der Waals surface area contributed by atoms with Crippen LogP contribution in [0.5, 0.6) is 0 Å². The van der Waals surface area contributed by atoms with Gasteiger partial charge in [-0.15, -0.1) is 35.3 Å². The van der Waals surface area contributed by atoms with Gasteiger partial charge in [0.15, 0.2) is 5.96 Å². The number of aryl methyl sites for hydroxylation is 1. The summed E-state index contributed by atoms with van der Waals surface area (Å²) >= 11 is 1.64. The molecule has 1 aliphatic heterocycles. The maximum Gasteiger partial charge on any atom is 0.225 e. The highest BCUT2D eigenvalue weighted by molar-refractivity contribution is 14.0. The number of nitrogens with one attached hydrogen (secondary N) is 1. The smallest absolute Gasteiger partial charge is 0.225 e. The lowest BCUT2D eigenvalue weighted by Crippen LogP contribution is -2.50. The number of hydrogen-bond donors (Lipinski definition) is 1. The van der Waals surface area contributed by atoms with E-state index in [0.717, 1.165) is 35.7 Å². The van der Waals surface area contributed by atoms with Crippen molar-refractivity contribution in [3.63, 3.8) is 0 Å². The van der Waals surface area contributed by atoms with E-state index in [-0.39, 0.29) is 29.9 Å². The van der Waals surface area contributed by atoms with Crippen molar-refractivity contribution in [2.75, 3.05) is 51.7 Å². The number of anilines is 1. The van der Waals surface area contributed by atoms with Crippen LogP contribution in [-0.4, -0.2) is 83.4 Å². The number of guanidine groups is 1. The van der Waals surface area contributed by atoms with Gasteiger partial charge in [-0.3, -0.25) is 9.79 Å². The monoisotopic (exact) mass is 544 g/mol. The zero-order valence-corrected chi connectivity index (χ0v) is 20.8. The molecule has 0 bridgehead atoms. The summed E-state index contributed by atoms with van der Waals surface area (Å²) in [7, 11) is 3.72. The van der Waals surface area contributed by atoms with Crippen LogP contribution < -0.4 is 10.2 Å². The van der Waals surface area contributed by atoms with Crippen LogP contribution in [0, 0.1) is 6.92 Å². The van der Waals surface area contributed by atoms with Gasteiger partial charge in [0, 0.05) is 71.0 Å². The van der Waals surface area contributed by atoms with Gasteiger partial charge >= 0.3 is 0 Å². The fraction of sp³-hybridized carbons (Fsp3) is 0.526. The Morgan fingerprint density at radius 2 is 1.97 bits per heavy atom. The molecule has 2 aromatic heterocycles. The second kappa shape index (κ2) is 12.0. The number of rotatable bonds is 6. The third kappa shape index (κ3) is 6.76. The van der Waals surface area contributed by atoms with Crippen molar-refractivity contribution in [2.45, 2.75) is 19.9 Å². The predicted octanol–water partition coefficient (Wildman–Crippen LogP) is 1.61. The van der Waals surface area contributed by atoms with E-state index in [4.69, 9.17) is 0 Å². The lowest BCUT2D eigenvalue weighted by molar-refractivity contribution is -0.131. The fourth-order valence-electron chi connectivity index (χ4n) is 3.23. The number of carbonyl (C=O) groups is 1. The molecule has 0 atom stereocenters. The van der Waals surface area contributed by atoms with E-state index < -0.39 is 0 Å². The minimum atomic E-state index is 0. The van der Waals surface area contributed by atoms with E-state index in [1.165, 1.54) is 0 Å². The summed E-state index contributed by atoms with van der Waals surface area (Å²) in [6.07, 6.45) is 3.92. The van der Waals surface area contributed by atoms with Crippen molar-refractivity contribution in [1.29, 1.82) is 0 Å². The normalized spacial score (nSPS) is 14.3. The highest BCUT2D eigenvalue weighted by Crippen LogP contribution is 2.11. The minimum Gasteiger partial charge on any atom is -0.356 e. The summed E-state index contributed by atoms with van der Waals surface area (Å²) in [6.45, 7) is 6.11. The Bertz CT molecular complexity index is 823. The molecule has 0 saturated carbocycles. The third-order valence-electron chi connectivity index (χ3n) is 4.73. The van der Waals surface area contributed by atoms with E-state index in [1.807, 2.05) is 23.8 Å². The third-order valence-corrected chi connectivity index (χ3v) is 5.55. The molecule has 164 valence electrons. The van der Waals surface area contributed by atoms with E-state index >= 15 is 0 Å². The van der Waals surface area contributed by atoms with Crippen molar-refractivity contribution in [3.05, 3.63) is 34.5 Å². The number of nitrogens with zero attached hydrogens (tertiary/aromatic N) is 7. The van der Waals surface area contributed by atoms with Gasteiger partial charge in [-0.25, -0.2) is 15.0 Å². The molecule has 0 aromatic carbocycles. The van der Waals surface area contributed by atoms with Crippen molar-refractivity contribution >= 4 is 53.1 Å². The number of aromatic nitrogens is 3. The Balaban J connectivity index is 0.00000320. The highest BCUT2D eigenvalue weighted by atomic mass is 127. The van der Waals surface area contributed by atoms with E-state index in [2.05, 4.69) is 35.5 Å². The SMILES string of the molecule is CN=C(NCCC(=O)N1CCN(c2ncccn2)CC1)N(C)Cc1csc(C)n1.I. The molecule has 1 saturated heterocycles. The number of halogens is 1. The Morgan fingerprint density at radius 1 is 1.27 bits per heavy atom. The molecule has 1 amide bonds. The quantitative estimate of drug-likeness (QED) is 0.336. The minimum absolute atomic E-state index is 0. The van der Waals surface area contributed by atoms with Gasteiger partial charge in [0.05, 0.1) is 17.2 Å². The average molecular weight is 544 g/mol. The maximum absolute atomic E-state index is 12.5. The van der Waals surface area contributed by atoms with Crippen LogP contribution in [-0.2, 0) is 11.3 Å². The molecule has 11 heteroatoms. The van der Waals surface area contributed by atoms with Crippen LogP contribution in [0.3, 0.4) is 0 Å².